The predicted molar refractivity (Wildman–Crippen MR) is 110 cm³/mol. The first-order valence-corrected chi connectivity index (χ1v) is 10.4. The summed E-state index contributed by atoms with van der Waals surface area (Å²) in [5.74, 6) is 2.32. The minimum atomic E-state index is -0.269. The Kier molecular flexibility index (Phi) is 6.77. The van der Waals surface area contributed by atoms with E-state index in [0.717, 1.165) is 36.7 Å². The van der Waals surface area contributed by atoms with Crippen LogP contribution in [0.4, 0.5) is 4.39 Å². The van der Waals surface area contributed by atoms with Gasteiger partial charge in [0, 0.05) is 29.8 Å². The van der Waals surface area contributed by atoms with Gasteiger partial charge in [0.15, 0.2) is 5.96 Å². The van der Waals surface area contributed by atoms with E-state index in [4.69, 9.17) is 9.41 Å². The van der Waals surface area contributed by atoms with Crippen LogP contribution in [0.25, 0.3) is 11.5 Å². The van der Waals surface area contributed by atoms with Crippen molar-refractivity contribution >= 4 is 17.7 Å². The van der Waals surface area contributed by atoms with Crippen molar-refractivity contribution in [3.8, 4) is 11.5 Å². The standard InChI is InChI=1S/C20H27FN4OS/c1-3-22-19(24-14-20(2)10-4-12-27-20)23-11-9-17-13-26-18(25-17)15-5-7-16(21)8-6-15/h5-8,13H,3-4,9-12,14H2,1-2H3,(H2,22,23,24). The minimum Gasteiger partial charge on any atom is -0.444 e. The molecule has 1 aliphatic heterocycles. The van der Waals surface area contributed by atoms with Crippen LogP contribution in [0.2, 0.25) is 0 Å². The van der Waals surface area contributed by atoms with E-state index in [1.165, 1.54) is 30.7 Å². The van der Waals surface area contributed by atoms with Gasteiger partial charge in [0.1, 0.15) is 12.1 Å². The lowest BCUT2D eigenvalue weighted by atomic mass is 10.1. The van der Waals surface area contributed by atoms with Crippen LogP contribution in [-0.2, 0) is 6.42 Å². The Morgan fingerprint density at radius 2 is 2.15 bits per heavy atom. The summed E-state index contributed by atoms with van der Waals surface area (Å²) >= 11 is 2.02. The lowest BCUT2D eigenvalue weighted by Crippen LogP contribution is -2.39. The zero-order chi connectivity index (χ0) is 19.1. The van der Waals surface area contributed by atoms with Gasteiger partial charge >= 0.3 is 0 Å². The molecule has 2 aromatic rings. The van der Waals surface area contributed by atoms with E-state index >= 15 is 0 Å². The van der Waals surface area contributed by atoms with E-state index in [1.54, 1.807) is 18.4 Å². The SMILES string of the molecule is CCNC(=NCC1(C)CCCS1)NCCc1coc(-c2ccc(F)cc2)n1. The number of hydrogen-bond donors (Lipinski definition) is 2. The Morgan fingerprint density at radius 3 is 2.85 bits per heavy atom. The Bertz CT molecular complexity index is 754. The summed E-state index contributed by atoms with van der Waals surface area (Å²) in [6.45, 7) is 6.73. The lowest BCUT2D eigenvalue weighted by Gasteiger charge is -2.21. The molecule has 146 valence electrons. The molecule has 1 unspecified atom stereocenters. The average Bonchev–Trinajstić information content (AvgIpc) is 3.30. The van der Waals surface area contributed by atoms with Crippen LogP contribution in [-0.4, -0.2) is 41.1 Å². The Balaban J connectivity index is 1.52. The fourth-order valence-corrected chi connectivity index (χ4v) is 4.23. The number of nitrogens with zero attached hydrogens (tertiary/aromatic N) is 2. The quantitative estimate of drug-likeness (QED) is 0.555. The van der Waals surface area contributed by atoms with Crippen LogP contribution >= 0.6 is 11.8 Å². The highest BCUT2D eigenvalue weighted by Gasteiger charge is 2.29. The summed E-state index contributed by atoms with van der Waals surface area (Å²) in [7, 11) is 0. The molecule has 0 spiro atoms. The number of guanidine groups is 1. The van der Waals surface area contributed by atoms with Crippen molar-refractivity contribution in [3.05, 3.63) is 42.0 Å². The third-order valence-corrected chi connectivity index (χ3v) is 6.06. The van der Waals surface area contributed by atoms with Crippen molar-refractivity contribution < 1.29 is 8.81 Å². The molecule has 1 aliphatic rings. The van der Waals surface area contributed by atoms with Crippen molar-refractivity contribution in [3.63, 3.8) is 0 Å². The molecular weight excluding hydrogens is 363 g/mol. The van der Waals surface area contributed by atoms with E-state index < -0.39 is 0 Å². The maximum Gasteiger partial charge on any atom is 0.226 e. The Hall–Kier alpha value is -2.02. The second kappa shape index (κ2) is 9.26. The van der Waals surface area contributed by atoms with Gasteiger partial charge in [-0.05, 0) is 56.7 Å². The van der Waals surface area contributed by atoms with Crippen molar-refractivity contribution in [1.29, 1.82) is 0 Å². The van der Waals surface area contributed by atoms with Crippen LogP contribution in [0.15, 0.2) is 39.9 Å². The topological polar surface area (TPSA) is 62.5 Å². The van der Waals surface area contributed by atoms with Gasteiger partial charge in [0.05, 0.1) is 12.2 Å². The molecule has 0 aliphatic carbocycles. The van der Waals surface area contributed by atoms with Crippen molar-refractivity contribution in [2.24, 2.45) is 4.99 Å². The fraction of sp³-hybridized carbons (Fsp3) is 0.500. The molecule has 1 aromatic heterocycles. The van der Waals surface area contributed by atoms with E-state index in [-0.39, 0.29) is 10.6 Å². The van der Waals surface area contributed by atoms with Crippen LogP contribution in [0.5, 0.6) is 0 Å². The van der Waals surface area contributed by atoms with Crippen LogP contribution in [0.3, 0.4) is 0 Å². The number of thioether (sulfide) groups is 1. The maximum atomic E-state index is 13.0. The second-order valence-electron chi connectivity index (χ2n) is 6.92. The first kappa shape index (κ1) is 19.7. The highest BCUT2D eigenvalue weighted by atomic mass is 32.2. The smallest absolute Gasteiger partial charge is 0.226 e. The zero-order valence-electron chi connectivity index (χ0n) is 15.9. The van der Waals surface area contributed by atoms with Gasteiger partial charge in [0.25, 0.3) is 0 Å². The minimum absolute atomic E-state index is 0.262. The summed E-state index contributed by atoms with van der Waals surface area (Å²) in [6.07, 6.45) is 4.89. The van der Waals surface area contributed by atoms with E-state index in [1.807, 2.05) is 11.8 Å². The van der Waals surface area contributed by atoms with E-state index in [0.29, 0.717) is 12.4 Å². The first-order valence-electron chi connectivity index (χ1n) is 9.44. The number of oxazole rings is 1. The Morgan fingerprint density at radius 1 is 1.33 bits per heavy atom. The molecule has 0 radical (unpaired) electrons. The van der Waals surface area contributed by atoms with Crippen molar-refractivity contribution in [2.45, 2.75) is 37.9 Å². The van der Waals surface area contributed by atoms with E-state index in [2.05, 4.69) is 29.5 Å². The average molecular weight is 391 g/mol. The van der Waals surface area contributed by atoms with Crippen LogP contribution < -0.4 is 10.6 Å². The number of nitrogens with one attached hydrogen (secondary N) is 2. The number of aromatic nitrogens is 1. The first-order chi connectivity index (χ1) is 13.1. The molecule has 5 nitrogen and oxygen atoms in total. The number of benzene rings is 1. The normalized spacial score (nSPS) is 20.0. The summed E-state index contributed by atoms with van der Waals surface area (Å²) in [5.41, 5.74) is 1.63. The van der Waals surface area contributed by atoms with Gasteiger partial charge in [-0.2, -0.15) is 11.8 Å². The molecule has 2 N–H and O–H groups in total. The number of halogens is 1. The third-order valence-electron chi connectivity index (χ3n) is 4.53. The van der Waals surface area contributed by atoms with E-state index in [9.17, 15) is 4.39 Å². The Labute approximate surface area is 164 Å². The number of aliphatic imine (C=N–C) groups is 1. The number of rotatable bonds is 7. The highest BCUT2D eigenvalue weighted by molar-refractivity contribution is 8.00. The fourth-order valence-electron chi connectivity index (χ4n) is 3.01. The summed E-state index contributed by atoms with van der Waals surface area (Å²) in [6, 6.07) is 6.15. The maximum absolute atomic E-state index is 13.0. The molecule has 7 heteroatoms. The molecule has 1 aromatic carbocycles. The number of hydrogen-bond acceptors (Lipinski definition) is 4. The van der Waals surface area contributed by atoms with Gasteiger partial charge in [0.2, 0.25) is 5.89 Å². The predicted octanol–water partition coefficient (Wildman–Crippen LogP) is 3.86. The summed E-state index contributed by atoms with van der Waals surface area (Å²) in [5, 5.41) is 6.66. The van der Waals surface area contributed by atoms with Crippen LogP contribution in [0, 0.1) is 5.82 Å². The second-order valence-corrected chi connectivity index (χ2v) is 8.61. The molecule has 3 rings (SSSR count). The monoisotopic (exact) mass is 390 g/mol. The molecule has 0 bridgehead atoms. The molecule has 27 heavy (non-hydrogen) atoms. The van der Waals surface area contributed by atoms with Gasteiger partial charge in [-0.15, -0.1) is 0 Å². The molecule has 1 fully saturated rings. The van der Waals surface area contributed by atoms with Gasteiger partial charge in [-0.25, -0.2) is 9.37 Å². The molecule has 1 saturated heterocycles. The third kappa shape index (κ3) is 5.73. The largest absolute Gasteiger partial charge is 0.444 e. The molecule has 0 saturated carbocycles. The summed E-state index contributed by atoms with van der Waals surface area (Å²) in [4.78, 5) is 9.23. The van der Waals surface area contributed by atoms with Gasteiger partial charge in [-0.3, -0.25) is 4.99 Å². The molecule has 1 atom stereocenters. The van der Waals surface area contributed by atoms with Crippen LogP contribution in [0.1, 0.15) is 32.4 Å². The van der Waals surface area contributed by atoms with Crippen molar-refractivity contribution in [2.75, 3.05) is 25.4 Å². The zero-order valence-corrected chi connectivity index (χ0v) is 16.7. The summed E-state index contributed by atoms with van der Waals surface area (Å²) < 4.78 is 18.8. The van der Waals surface area contributed by atoms with Gasteiger partial charge < -0.3 is 15.1 Å². The van der Waals surface area contributed by atoms with Gasteiger partial charge in [-0.1, -0.05) is 0 Å². The van der Waals surface area contributed by atoms with Crippen molar-refractivity contribution in [1.82, 2.24) is 15.6 Å². The highest BCUT2D eigenvalue weighted by Crippen LogP contribution is 2.37. The molecular formula is C20H27FN4OS. The lowest BCUT2D eigenvalue weighted by molar-refractivity contribution is 0.571. The molecule has 2 heterocycles. The molecule has 0 amide bonds.